The highest BCUT2D eigenvalue weighted by Gasteiger charge is 2.40. The van der Waals surface area contributed by atoms with Crippen molar-refractivity contribution in [2.24, 2.45) is 0 Å². The molecule has 156 valence electrons. The zero-order valence-corrected chi connectivity index (χ0v) is 17.7. The predicted octanol–water partition coefficient (Wildman–Crippen LogP) is 6.76. The molecule has 3 atom stereocenters. The lowest BCUT2D eigenvalue weighted by molar-refractivity contribution is 0.0477. The molecule has 1 N–H and O–H groups in total. The summed E-state index contributed by atoms with van der Waals surface area (Å²) in [5.41, 5.74) is 0. The lowest BCUT2D eigenvalue weighted by Crippen LogP contribution is -2.08. The van der Waals surface area contributed by atoms with Gasteiger partial charge in [-0.3, -0.25) is 0 Å². The number of hydrogen-bond acceptors (Lipinski definition) is 3. The Balaban J connectivity index is 1.66. The summed E-state index contributed by atoms with van der Waals surface area (Å²) < 4.78 is 11.0. The Morgan fingerprint density at radius 2 is 1.15 bits per heavy atom. The number of aliphatic hydroxyl groups is 1. The van der Waals surface area contributed by atoms with Crippen LogP contribution in [0.3, 0.4) is 0 Å². The number of aliphatic hydroxyl groups excluding tert-OH is 1. The molecule has 0 aliphatic carbocycles. The molecule has 0 aromatic heterocycles. The SMILES string of the molecule is CCCCCCCCCCCCCCCCCCOC1OC1CC(C)O. The fraction of sp³-hybridized carbons (Fsp3) is 1.00. The molecule has 0 bridgehead atoms. The molecule has 3 heteroatoms. The normalized spacial score (nSPS) is 20.4. The van der Waals surface area contributed by atoms with Gasteiger partial charge in [0.1, 0.15) is 6.10 Å². The minimum atomic E-state index is -0.288. The van der Waals surface area contributed by atoms with Crippen LogP contribution in [0.15, 0.2) is 0 Å². The van der Waals surface area contributed by atoms with Crippen LogP contribution in [0.4, 0.5) is 0 Å². The smallest absolute Gasteiger partial charge is 0.184 e. The molecule has 1 fully saturated rings. The number of rotatable bonds is 20. The van der Waals surface area contributed by atoms with Gasteiger partial charge in [-0.15, -0.1) is 0 Å². The van der Waals surface area contributed by atoms with Gasteiger partial charge in [-0.1, -0.05) is 103 Å². The highest BCUT2D eigenvalue weighted by molar-refractivity contribution is 4.78. The highest BCUT2D eigenvalue weighted by atomic mass is 16.8. The Bertz CT molecular complexity index is 293. The molecule has 0 aromatic carbocycles. The van der Waals surface area contributed by atoms with E-state index in [1.807, 2.05) is 0 Å². The van der Waals surface area contributed by atoms with Crippen LogP contribution in [0.5, 0.6) is 0 Å². The van der Waals surface area contributed by atoms with Crippen molar-refractivity contribution in [2.45, 2.75) is 141 Å². The Labute approximate surface area is 163 Å². The standard InChI is InChI=1S/C23H46O3/c1-3-4-5-6-7-8-9-10-11-12-13-14-15-16-17-18-19-25-23-22(26-23)20-21(2)24/h21-24H,3-20H2,1-2H3. The van der Waals surface area contributed by atoms with E-state index < -0.39 is 0 Å². The van der Waals surface area contributed by atoms with Crippen LogP contribution >= 0.6 is 0 Å². The minimum Gasteiger partial charge on any atom is -0.393 e. The van der Waals surface area contributed by atoms with Crippen molar-refractivity contribution in [3.63, 3.8) is 0 Å². The molecular formula is C23H46O3. The van der Waals surface area contributed by atoms with Crippen LogP contribution < -0.4 is 0 Å². The Morgan fingerprint density at radius 3 is 1.58 bits per heavy atom. The van der Waals surface area contributed by atoms with Gasteiger partial charge in [-0.05, 0) is 13.3 Å². The van der Waals surface area contributed by atoms with Gasteiger partial charge in [0.15, 0.2) is 6.29 Å². The summed E-state index contributed by atoms with van der Waals surface area (Å²) in [4.78, 5) is 0. The van der Waals surface area contributed by atoms with E-state index in [9.17, 15) is 5.11 Å². The van der Waals surface area contributed by atoms with Crippen LogP contribution in [0, 0.1) is 0 Å². The fourth-order valence-corrected chi connectivity index (χ4v) is 3.63. The second kappa shape index (κ2) is 17.0. The fourth-order valence-electron chi connectivity index (χ4n) is 3.63. The third kappa shape index (κ3) is 15.0. The molecule has 0 radical (unpaired) electrons. The summed E-state index contributed by atoms with van der Waals surface area (Å²) >= 11 is 0. The topological polar surface area (TPSA) is 42.0 Å². The summed E-state index contributed by atoms with van der Waals surface area (Å²) in [5.74, 6) is 0. The Kier molecular flexibility index (Phi) is 15.6. The lowest BCUT2D eigenvalue weighted by atomic mass is 10.0. The van der Waals surface area contributed by atoms with Crippen molar-refractivity contribution in [2.75, 3.05) is 6.61 Å². The van der Waals surface area contributed by atoms with Crippen LogP contribution in [-0.4, -0.2) is 30.2 Å². The van der Waals surface area contributed by atoms with E-state index in [1.165, 1.54) is 96.3 Å². The van der Waals surface area contributed by atoms with Crippen LogP contribution in [-0.2, 0) is 9.47 Å². The molecule has 0 amide bonds. The van der Waals surface area contributed by atoms with Gasteiger partial charge >= 0.3 is 0 Å². The van der Waals surface area contributed by atoms with E-state index in [1.54, 1.807) is 6.92 Å². The van der Waals surface area contributed by atoms with Crippen molar-refractivity contribution >= 4 is 0 Å². The third-order valence-electron chi connectivity index (χ3n) is 5.39. The van der Waals surface area contributed by atoms with Crippen LogP contribution in [0.2, 0.25) is 0 Å². The van der Waals surface area contributed by atoms with Crippen molar-refractivity contribution in [1.82, 2.24) is 0 Å². The first kappa shape index (κ1) is 23.9. The molecule has 1 aliphatic heterocycles. The largest absolute Gasteiger partial charge is 0.393 e. The maximum atomic E-state index is 9.27. The summed E-state index contributed by atoms with van der Waals surface area (Å²) in [6.07, 6.45) is 22.8. The van der Waals surface area contributed by atoms with E-state index in [-0.39, 0.29) is 18.5 Å². The van der Waals surface area contributed by atoms with Gasteiger partial charge < -0.3 is 14.6 Å². The average molecular weight is 371 g/mol. The number of hydrogen-bond donors (Lipinski definition) is 1. The first-order valence-electron chi connectivity index (χ1n) is 11.7. The van der Waals surface area contributed by atoms with Crippen LogP contribution in [0.25, 0.3) is 0 Å². The van der Waals surface area contributed by atoms with E-state index >= 15 is 0 Å². The van der Waals surface area contributed by atoms with Crippen LogP contribution in [0.1, 0.15) is 123 Å². The summed E-state index contributed by atoms with van der Waals surface area (Å²) in [6, 6.07) is 0. The van der Waals surface area contributed by atoms with Crippen molar-refractivity contribution in [3.05, 3.63) is 0 Å². The van der Waals surface area contributed by atoms with E-state index in [0.29, 0.717) is 6.42 Å². The zero-order chi connectivity index (χ0) is 18.9. The Hall–Kier alpha value is -0.120. The second-order valence-electron chi connectivity index (χ2n) is 8.30. The van der Waals surface area contributed by atoms with Gasteiger partial charge in [0, 0.05) is 13.0 Å². The quantitative estimate of drug-likeness (QED) is 0.190. The second-order valence-corrected chi connectivity index (χ2v) is 8.30. The number of unbranched alkanes of at least 4 members (excludes halogenated alkanes) is 15. The van der Waals surface area contributed by atoms with Crippen molar-refractivity contribution < 1.29 is 14.6 Å². The highest BCUT2D eigenvalue weighted by Crippen LogP contribution is 2.27. The molecule has 26 heavy (non-hydrogen) atoms. The summed E-state index contributed by atoms with van der Waals surface area (Å²) in [6.45, 7) is 4.89. The molecule has 1 saturated heterocycles. The molecule has 3 nitrogen and oxygen atoms in total. The Morgan fingerprint density at radius 1 is 0.731 bits per heavy atom. The number of epoxide rings is 1. The average Bonchev–Trinajstić information content (AvgIpc) is 3.34. The number of ether oxygens (including phenoxy) is 2. The van der Waals surface area contributed by atoms with Gasteiger partial charge in [0.2, 0.25) is 0 Å². The minimum absolute atomic E-state index is 0.0408. The van der Waals surface area contributed by atoms with Gasteiger partial charge in [0.05, 0.1) is 6.10 Å². The maximum Gasteiger partial charge on any atom is 0.184 e. The molecular weight excluding hydrogens is 324 g/mol. The van der Waals surface area contributed by atoms with Gasteiger partial charge in [-0.25, -0.2) is 0 Å². The van der Waals surface area contributed by atoms with E-state index in [2.05, 4.69) is 6.92 Å². The maximum absolute atomic E-state index is 9.27. The predicted molar refractivity (Wildman–Crippen MR) is 110 cm³/mol. The van der Waals surface area contributed by atoms with Gasteiger partial charge in [0.25, 0.3) is 0 Å². The first-order valence-corrected chi connectivity index (χ1v) is 11.7. The zero-order valence-electron chi connectivity index (χ0n) is 17.7. The molecule has 1 rings (SSSR count). The van der Waals surface area contributed by atoms with Crippen molar-refractivity contribution in [3.8, 4) is 0 Å². The molecule has 1 heterocycles. The van der Waals surface area contributed by atoms with E-state index in [0.717, 1.165) is 13.0 Å². The first-order chi connectivity index (χ1) is 12.7. The molecule has 0 saturated carbocycles. The summed E-state index contributed by atoms with van der Waals surface area (Å²) in [7, 11) is 0. The van der Waals surface area contributed by atoms with E-state index in [4.69, 9.17) is 9.47 Å². The molecule has 0 spiro atoms. The molecule has 0 aromatic rings. The molecule has 1 aliphatic rings. The third-order valence-corrected chi connectivity index (χ3v) is 5.39. The molecule has 3 unspecified atom stereocenters. The summed E-state index contributed by atoms with van der Waals surface area (Å²) in [5, 5.41) is 9.27. The van der Waals surface area contributed by atoms with Gasteiger partial charge in [-0.2, -0.15) is 0 Å². The monoisotopic (exact) mass is 370 g/mol. The lowest BCUT2D eigenvalue weighted by Gasteiger charge is -2.04. The van der Waals surface area contributed by atoms with Crippen molar-refractivity contribution in [1.29, 1.82) is 0 Å².